The molecule has 0 saturated carbocycles. The Morgan fingerprint density at radius 2 is 1.94 bits per heavy atom. The standard InChI is InChI=1S/C15H17NO/c1-3-13(12-6-8-16-9-7-12)11-14(4-1)15-5-2-10-17-15/h1-5,10-12,16H,6-9H2. The summed E-state index contributed by atoms with van der Waals surface area (Å²) in [6, 6.07) is 12.7. The highest BCUT2D eigenvalue weighted by Gasteiger charge is 2.15. The van der Waals surface area contributed by atoms with Crippen molar-refractivity contribution in [3.63, 3.8) is 0 Å². The van der Waals surface area contributed by atoms with Crippen LogP contribution in [0.25, 0.3) is 11.3 Å². The van der Waals surface area contributed by atoms with E-state index in [0.29, 0.717) is 5.92 Å². The number of hydrogen-bond acceptors (Lipinski definition) is 2. The van der Waals surface area contributed by atoms with Crippen LogP contribution in [-0.4, -0.2) is 13.1 Å². The maximum Gasteiger partial charge on any atom is 0.133 e. The average molecular weight is 227 g/mol. The number of rotatable bonds is 2. The summed E-state index contributed by atoms with van der Waals surface area (Å²) in [6.45, 7) is 2.27. The first-order valence-corrected chi connectivity index (χ1v) is 6.28. The molecule has 1 fully saturated rings. The second-order valence-electron chi connectivity index (χ2n) is 4.63. The fraction of sp³-hybridized carbons (Fsp3) is 0.333. The summed E-state index contributed by atoms with van der Waals surface area (Å²) in [7, 11) is 0. The van der Waals surface area contributed by atoms with E-state index in [1.54, 1.807) is 6.26 Å². The maximum absolute atomic E-state index is 5.45. The molecule has 17 heavy (non-hydrogen) atoms. The largest absolute Gasteiger partial charge is 0.464 e. The number of hydrogen-bond donors (Lipinski definition) is 1. The van der Waals surface area contributed by atoms with E-state index in [-0.39, 0.29) is 0 Å². The van der Waals surface area contributed by atoms with Gasteiger partial charge in [-0.1, -0.05) is 18.2 Å². The quantitative estimate of drug-likeness (QED) is 0.850. The summed E-state index contributed by atoms with van der Waals surface area (Å²) in [5.74, 6) is 1.66. The Balaban J connectivity index is 1.88. The van der Waals surface area contributed by atoms with Crippen LogP contribution in [0.4, 0.5) is 0 Å². The van der Waals surface area contributed by atoms with Crippen molar-refractivity contribution in [3.8, 4) is 11.3 Å². The molecule has 1 saturated heterocycles. The molecule has 0 atom stereocenters. The predicted octanol–water partition coefficient (Wildman–Crippen LogP) is 3.41. The zero-order chi connectivity index (χ0) is 11.5. The molecule has 1 aromatic heterocycles. The van der Waals surface area contributed by atoms with E-state index in [4.69, 9.17) is 4.42 Å². The van der Waals surface area contributed by atoms with Gasteiger partial charge < -0.3 is 9.73 Å². The minimum absolute atomic E-state index is 0.700. The highest BCUT2D eigenvalue weighted by molar-refractivity contribution is 5.58. The van der Waals surface area contributed by atoms with Gasteiger partial charge >= 0.3 is 0 Å². The molecule has 0 amide bonds. The van der Waals surface area contributed by atoms with Gasteiger partial charge in [-0.05, 0) is 55.6 Å². The van der Waals surface area contributed by atoms with E-state index in [1.165, 1.54) is 24.0 Å². The number of piperidine rings is 1. The van der Waals surface area contributed by atoms with Gasteiger partial charge in [0.1, 0.15) is 5.76 Å². The molecule has 1 aromatic carbocycles. The van der Waals surface area contributed by atoms with E-state index < -0.39 is 0 Å². The molecule has 0 radical (unpaired) electrons. The van der Waals surface area contributed by atoms with Crippen LogP contribution in [0.2, 0.25) is 0 Å². The van der Waals surface area contributed by atoms with Crippen molar-refractivity contribution in [2.75, 3.05) is 13.1 Å². The Hall–Kier alpha value is -1.54. The monoisotopic (exact) mass is 227 g/mol. The van der Waals surface area contributed by atoms with Crippen molar-refractivity contribution in [3.05, 3.63) is 48.2 Å². The number of furan rings is 1. The molecule has 88 valence electrons. The molecule has 2 heteroatoms. The molecule has 1 aliphatic heterocycles. The molecule has 2 heterocycles. The normalized spacial score (nSPS) is 17.2. The Labute approximate surface area is 102 Å². The smallest absolute Gasteiger partial charge is 0.133 e. The third-order valence-electron chi connectivity index (χ3n) is 3.50. The first kappa shape index (κ1) is 10.6. The van der Waals surface area contributed by atoms with Crippen LogP contribution in [-0.2, 0) is 0 Å². The molecule has 0 aliphatic carbocycles. The van der Waals surface area contributed by atoms with Gasteiger partial charge in [-0.25, -0.2) is 0 Å². The fourth-order valence-electron chi connectivity index (χ4n) is 2.54. The van der Waals surface area contributed by atoms with Crippen molar-refractivity contribution < 1.29 is 4.42 Å². The molecule has 0 spiro atoms. The third-order valence-corrected chi connectivity index (χ3v) is 3.50. The van der Waals surface area contributed by atoms with Gasteiger partial charge in [-0.15, -0.1) is 0 Å². The maximum atomic E-state index is 5.45. The van der Waals surface area contributed by atoms with E-state index in [2.05, 4.69) is 29.6 Å². The molecule has 0 unspecified atom stereocenters. The second kappa shape index (κ2) is 4.76. The fourth-order valence-corrected chi connectivity index (χ4v) is 2.54. The van der Waals surface area contributed by atoms with Crippen molar-refractivity contribution >= 4 is 0 Å². The van der Waals surface area contributed by atoms with Gasteiger partial charge in [0.15, 0.2) is 0 Å². The number of nitrogens with one attached hydrogen (secondary N) is 1. The molecular weight excluding hydrogens is 210 g/mol. The molecule has 1 N–H and O–H groups in total. The Morgan fingerprint density at radius 3 is 2.71 bits per heavy atom. The SMILES string of the molecule is c1cc(-c2ccco2)cc(C2CCNCC2)c1. The van der Waals surface area contributed by atoms with Crippen molar-refractivity contribution in [1.29, 1.82) is 0 Å². The van der Waals surface area contributed by atoms with Crippen LogP contribution < -0.4 is 5.32 Å². The van der Waals surface area contributed by atoms with E-state index in [1.807, 2.05) is 12.1 Å². The lowest BCUT2D eigenvalue weighted by Gasteiger charge is -2.23. The van der Waals surface area contributed by atoms with Gasteiger partial charge in [-0.3, -0.25) is 0 Å². The zero-order valence-corrected chi connectivity index (χ0v) is 9.86. The summed E-state index contributed by atoms with van der Waals surface area (Å²) < 4.78 is 5.45. The van der Waals surface area contributed by atoms with Crippen LogP contribution >= 0.6 is 0 Å². The van der Waals surface area contributed by atoms with Crippen LogP contribution in [0.15, 0.2) is 47.1 Å². The van der Waals surface area contributed by atoms with Gasteiger partial charge in [0, 0.05) is 5.56 Å². The highest BCUT2D eigenvalue weighted by atomic mass is 16.3. The molecule has 0 bridgehead atoms. The lowest BCUT2D eigenvalue weighted by atomic mass is 9.89. The Bertz CT molecular complexity index is 469. The summed E-state index contributed by atoms with van der Waals surface area (Å²) in [5, 5.41) is 3.41. The van der Waals surface area contributed by atoms with Gasteiger partial charge in [-0.2, -0.15) is 0 Å². The van der Waals surface area contributed by atoms with Crippen molar-refractivity contribution in [1.82, 2.24) is 5.32 Å². The van der Waals surface area contributed by atoms with E-state index in [9.17, 15) is 0 Å². The zero-order valence-electron chi connectivity index (χ0n) is 9.86. The first-order valence-electron chi connectivity index (χ1n) is 6.28. The molecule has 2 nitrogen and oxygen atoms in total. The van der Waals surface area contributed by atoms with E-state index in [0.717, 1.165) is 18.8 Å². The van der Waals surface area contributed by atoms with Crippen molar-refractivity contribution in [2.45, 2.75) is 18.8 Å². The summed E-state index contributed by atoms with van der Waals surface area (Å²) >= 11 is 0. The van der Waals surface area contributed by atoms with Gasteiger partial charge in [0.05, 0.1) is 6.26 Å². The minimum atomic E-state index is 0.700. The predicted molar refractivity (Wildman–Crippen MR) is 69.0 cm³/mol. The van der Waals surface area contributed by atoms with Gasteiger partial charge in [0.25, 0.3) is 0 Å². The molecule has 1 aliphatic rings. The van der Waals surface area contributed by atoms with Crippen molar-refractivity contribution in [2.24, 2.45) is 0 Å². The third kappa shape index (κ3) is 2.27. The van der Waals surface area contributed by atoms with Gasteiger partial charge in [0.2, 0.25) is 0 Å². The lowest BCUT2D eigenvalue weighted by Crippen LogP contribution is -2.26. The molecular formula is C15H17NO. The second-order valence-corrected chi connectivity index (χ2v) is 4.63. The first-order chi connectivity index (χ1) is 8.43. The van der Waals surface area contributed by atoms with Crippen LogP contribution in [0, 0.1) is 0 Å². The van der Waals surface area contributed by atoms with Crippen LogP contribution in [0.3, 0.4) is 0 Å². The lowest BCUT2D eigenvalue weighted by molar-refractivity contribution is 0.460. The average Bonchev–Trinajstić information content (AvgIpc) is 2.94. The summed E-state index contributed by atoms with van der Waals surface area (Å²) in [4.78, 5) is 0. The molecule has 2 aromatic rings. The Kier molecular flexibility index (Phi) is 2.97. The van der Waals surface area contributed by atoms with E-state index >= 15 is 0 Å². The summed E-state index contributed by atoms with van der Waals surface area (Å²) in [6.07, 6.45) is 4.20. The molecule has 3 rings (SSSR count). The Morgan fingerprint density at radius 1 is 1.06 bits per heavy atom. The summed E-state index contributed by atoms with van der Waals surface area (Å²) in [5.41, 5.74) is 2.63. The minimum Gasteiger partial charge on any atom is -0.464 e. The topological polar surface area (TPSA) is 25.2 Å². The highest BCUT2D eigenvalue weighted by Crippen LogP contribution is 2.29. The van der Waals surface area contributed by atoms with Crippen LogP contribution in [0.5, 0.6) is 0 Å². The van der Waals surface area contributed by atoms with Crippen LogP contribution in [0.1, 0.15) is 24.3 Å². The number of benzene rings is 1.